The summed E-state index contributed by atoms with van der Waals surface area (Å²) in [6.07, 6.45) is -0.720. The Morgan fingerprint density at radius 2 is 2.09 bits per heavy atom. The molecule has 1 amide bonds. The fraction of sp³-hybridized carbons (Fsp3) is 0.833. The van der Waals surface area contributed by atoms with E-state index in [-0.39, 0.29) is 0 Å². The van der Waals surface area contributed by atoms with Crippen molar-refractivity contribution < 1.29 is 9.18 Å². The van der Waals surface area contributed by atoms with Crippen LogP contribution in [0.5, 0.6) is 0 Å². The van der Waals surface area contributed by atoms with E-state index in [0.29, 0.717) is 6.54 Å². The molecule has 0 unspecified atom stereocenters. The second kappa shape index (κ2) is 7.81. The van der Waals surface area contributed by atoms with Gasteiger partial charge < -0.3 is 10.6 Å². The first-order valence-electron chi connectivity index (χ1n) is 3.52. The van der Waals surface area contributed by atoms with Crippen LogP contribution >= 0.6 is 12.6 Å². The van der Waals surface area contributed by atoms with Gasteiger partial charge in [0.25, 0.3) is 0 Å². The molecule has 5 heteroatoms. The normalized spacial score (nSPS) is 9.64. The quantitative estimate of drug-likeness (QED) is 0.242. The first-order valence-corrected chi connectivity index (χ1v) is 4.15. The highest BCUT2D eigenvalue weighted by atomic mass is 32.1. The molecular weight excluding hydrogens is 167 g/mol. The number of rotatable bonds is 6. The Balaban J connectivity index is 2.85. The van der Waals surface area contributed by atoms with Gasteiger partial charge in [0.05, 0.1) is 0 Å². The van der Waals surface area contributed by atoms with E-state index in [2.05, 4.69) is 23.3 Å². The van der Waals surface area contributed by atoms with Gasteiger partial charge in [0, 0.05) is 18.8 Å². The molecule has 66 valence electrons. The van der Waals surface area contributed by atoms with Crippen LogP contribution in [0.25, 0.3) is 0 Å². The van der Waals surface area contributed by atoms with Gasteiger partial charge in [-0.05, 0) is 13.0 Å². The lowest BCUT2D eigenvalue weighted by Crippen LogP contribution is -2.24. The lowest BCUT2D eigenvalue weighted by Gasteiger charge is -2.01. The average molecular weight is 180 g/mol. The molecule has 0 aliphatic heterocycles. The number of nitrogens with one attached hydrogen (secondary N) is 2. The molecule has 0 aromatic heterocycles. The van der Waals surface area contributed by atoms with Crippen molar-refractivity contribution in [3.63, 3.8) is 0 Å². The highest BCUT2D eigenvalue weighted by Crippen LogP contribution is 1.76. The molecule has 0 aliphatic rings. The monoisotopic (exact) mass is 180 g/mol. The molecule has 0 bridgehead atoms. The van der Waals surface area contributed by atoms with E-state index in [1.807, 2.05) is 0 Å². The van der Waals surface area contributed by atoms with Crippen LogP contribution < -0.4 is 10.6 Å². The highest BCUT2D eigenvalue weighted by molar-refractivity contribution is 7.80. The predicted octanol–water partition coefficient (Wildman–Crippen LogP) is 0.575. The number of thiol groups is 1. The zero-order valence-corrected chi connectivity index (χ0v) is 7.16. The summed E-state index contributed by atoms with van der Waals surface area (Å²) in [5.41, 5.74) is 0. The van der Waals surface area contributed by atoms with Crippen LogP contribution in [0, 0.1) is 0 Å². The van der Waals surface area contributed by atoms with Crippen LogP contribution in [-0.4, -0.2) is 31.5 Å². The summed E-state index contributed by atoms with van der Waals surface area (Å²) in [5, 5.41) is 5.12. The average Bonchev–Trinajstić information content (AvgIpc) is 1.96. The molecule has 0 aliphatic carbocycles. The van der Waals surface area contributed by atoms with Crippen molar-refractivity contribution >= 4 is 18.8 Å². The zero-order chi connectivity index (χ0) is 8.53. The van der Waals surface area contributed by atoms with Crippen molar-refractivity contribution in [2.45, 2.75) is 6.42 Å². The number of carbonyl (C=O) groups excluding carboxylic acids is 1. The van der Waals surface area contributed by atoms with Gasteiger partial charge in [-0.15, -0.1) is 4.39 Å². The lowest BCUT2D eigenvalue weighted by atomic mass is 10.4. The summed E-state index contributed by atoms with van der Waals surface area (Å²) < 4.78 is 11.5. The highest BCUT2D eigenvalue weighted by Gasteiger charge is 1.92. The van der Waals surface area contributed by atoms with Crippen molar-refractivity contribution in [2.24, 2.45) is 0 Å². The van der Waals surface area contributed by atoms with E-state index in [1.54, 1.807) is 0 Å². The first-order chi connectivity index (χ1) is 5.27. The Morgan fingerprint density at radius 1 is 1.36 bits per heavy atom. The molecule has 0 atom stereocenters. The Morgan fingerprint density at radius 3 is 2.64 bits per heavy atom. The van der Waals surface area contributed by atoms with Crippen LogP contribution in [0.15, 0.2) is 0 Å². The summed E-state index contributed by atoms with van der Waals surface area (Å²) in [6, 6.07) is 0. The van der Waals surface area contributed by atoms with Crippen molar-refractivity contribution in [3.05, 3.63) is 0 Å². The first kappa shape index (κ1) is 10.7. The smallest absolute Gasteiger partial charge is 0.328 e. The summed E-state index contributed by atoms with van der Waals surface area (Å²) in [5.74, 6) is 0.787. The topological polar surface area (TPSA) is 41.1 Å². The van der Waals surface area contributed by atoms with Gasteiger partial charge in [-0.1, -0.05) is 0 Å². The van der Waals surface area contributed by atoms with Crippen LogP contribution in [0.4, 0.5) is 9.18 Å². The van der Waals surface area contributed by atoms with Gasteiger partial charge in [0.2, 0.25) is 0 Å². The molecule has 0 radical (unpaired) electrons. The van der Waals surface area contributed by atoms with Crippen molar-refractivity contribution in [3.8, 4) is 0 Å². The van der Waals surface area contributed by atoms with Gasteiger partial charge in [0.15, 0.2) is 0 Å². The third-order valence-electron chi connectivity index (χ3n) is 1.08. The number of hydrogen-bond donors (Lipinski definition) is 3. The molecule has 0 rings (SSSR count). The molecule has 0 heterocycles. The second-order valence-corrected chi connectivity index (χ2v) is 2.47. The fourth-order valence-corrected chi connectivity index (χ4v) is 0.762. The Hall–Kier alpha value is -0.290. The number of amides is 1. The lowest BCUT2D eigenvalue weighted by molar-refractivity contribution is 0.221. The van der Waals surface area contributed by atoms with E-state index in [9.17, 15) is 9.18 Å². The summed E-state index contributed by atoms with van der Waals surface area (Å²) in [4.78, 5) is 9.72. The van der Waals surface area contributed by atoms with Gasteiger partial charge in [-0.25, -0.2) is 4.79 Å². The summed E-state index contributed by atoms with van der Waals surface area (Å²) >= 11 is 3.99. The molecule has 0 spiro atoms. The van der Waals surface area contributed by atoms with Crippen LogP contribution in [0.1, 0.15) is 6.42 Å². The number of hydrogen-bond acceptors (Lipinski definition) is 3. The zero-order valence-electron chi connectivity index (χ0n) is 6.27. The second-order valence-electron chi connectivity index (χ2n) is 2.03. The van der Waals surface area contributed by atoms with E-state index >= 15 is 0 Å². The SMILES string of the molecule is O=C(F)NCCCNCCS. The predicted molar refractivity (Wildman–Crippen MR) is 45.8 cm³/mol. The molecule has 0 aromatic rings. The Labute approximate surface area is 71.1 Å². The number of carbonyl (C=O) groups is 1. The number of halogens is 1. The molecule has 0 saturated carbocycles. The minimum absolute atomic E-state index is 0.384. The van der Waals surface area contributed by atoms with Gasteiger partial charge in [-0.3, -0.25) is 0 Å². The molecule has 0 fully saturated rings. The van der Waals surface area contributed by atoms with Crippen LogP contribution in [0.2, 0.25) is 0 Å². The third kappa shape index (κ3) is 9.71. The minimum Gasteiger partial charge on any atom is -0.328 e. The van der Waals surface area contributed by atoms with E-state index in [0.717, 1.165) is 25.3 Å². The Bertz CT molecular complexity index is 113. The van der Waals surface area contributed by atoms with Crippen molar-refractivity contribution in [1.29, 1.82) is 0 Å². The van der Waals surface area contributed by atoms with Crippen molar-refractivity contribution in [1.82, 2.24) is 10.6 Å². The fourth-order valence-electron chi connectivity index (χ4n) is 0.604. The molecular formula is C6H13FN2OS. The van der Waals surface area contributed by atoms with Crippen molar-refractivity contribution in [2.75, 3.05) is 25.4 Å². The van der Waals surface area contributed by atoms with Gasteiger partial charge in [0.1, 0.15) is 0 Å². The largest absolute Gasteiger partial charge is 0.397 e. The van der Waals surface area contributed by atoms with E-state index < -0.39 is 6.16 Å². The molecule has 2 N–H and O–H groups in total. The minimum atomic E-state index is -1.46. The standard InChI is InChI=1S/C6H13FN2OS/c7-6(10)9-3-1-2-8-4-5-11/h8,11H,1-5H2,(H,9,10). The van der Waals surface area contributed by atoms with E-state index in [1.165, 1.54) is 0 Å². The molecule has 0 aromatic carbocycles. The third-order valence-corrected chi connectivity index (χ3v) is 1.31. The molecule has 11 heavy (non-hydrogen) atoms. The maximum atomic E-state index is 11.5. The maximum absolute atomic E-state index is 11.5. The summed E-state index contributed by atoms with van der Waals surface area (Å²) in [7, 11) is 0. The van der Waals surface area contributed by atoms with Crippen LogP contribution in [-0.2, 0) is 0 Å². The van der Waals surface area contributed by atoms with E-state index in [4.69, 9.17) is 0 Å². The molecule has 3 nitrogen and oxygen atoms in total. The van der Waals surface area contributed by atoms with Gasteiger partial charge in [-0.2, -0.15) is 12.6 Å². The molecule has 0 saturated heterocycles. The summed E-state index contributed by atoms with van der Waals surface area (Å²) in [6.45, 7) is 2.00. The Kier molecular flexibility index (Phi) is 7.61. The van der Waals surface area contributed by atoms with Gasteiger partial charge >= 0.3 is 6.16 Å². The van der Waals surface area contributed by atoms with Crippen LogP contribution in [0.3, 0.4) is 0 Å². The maximum Gasteiger partial charge on any atom is 0.397 e.